The van der Waals surface area contributed by atoms with Crippen molar-refractivity contribution >= 4 is 55.3 Å². The van der Waals surface area contributed by atoms with Gasteiger partial charge in [-0.05, 0) is 90.8 Å². The summed E-state index contributed by atoms with van der Waals surface area (Å²) in [6.07, 6.45) is 1.71. The van der Waals surface area contributed by atoms with E-state index in [9.17, 15) is 0 Å². The second kappa shape index (κ2) is 17.0. The van der Waals surface area contributed by atoms with Crippen molar-refractivity contribution in [3.8, 4) is 39.6 Å². The number of rotatable bonds is 7. The van der Waals surface area contributed by atoms with E-state index < -0.39 is 6.85 Å². The molecule has 6 heteroatoms. The van der Waals surface area contributed by atoms with Gasteiger partial charge in [0, 0.05) is 83.4 Å². The zero-order valence-corrected chi connectivity index (χ0v) is 44.7. The number of nitrogens with zero attached hydrogens (tertiary/aromatic N) is 4. The SMILES string of the molecule is [2H]C([2H])([2H])c1cc(-n2c3[c-]c(Oc4[c-]c([N@@+]56[CH-][N@@+](c7cc(C(C)(C)C)cc(C(C)(C)C)c7)(C5)c5c(-c7cccc(C(C)(C)C)c7)cccc56)ccc4)ccc3c3ccccc32)ncc1-c1cccc2ccccc12.[Pt]. The number of benzene rings is 8. The van der Waals surface area contributed by atoms with E-state index in [1.165, 1.54) is 44.9 Å². The maximum atomic E-state index is 8.77. The fourth-order valence-corrected chi connectivity index (χ4v) is 11.1. The van der Waals surface area contributed by atoms with Crippen molar-refractivity contribution in [2.45, 2.75) is 85.4 Å². The van der Waals surface area contributed by atoms with Gasteiger partial charge in [-0.25, -0.2) is 4.98 Å². The van der Waals surface area contributed by atoms with Crippen LogP contribution in [0.15, 0.2) is 170 Å². The van der Waals surface area contributed by atoms with Gasteiger partial charge in [0.1, 0.15) is 11.5 Å². The molecule has 0 aliphatic carbocycles. The van der Waals surface area contributed by atoms with E-state index in [-0.39, 0.29) is 42.9 Å². The van der Waals surface area contributed by atoms with Crippen molar-refractivity contribution in [3.63, 3.8) is 0 Å². The average Bonchev–Trinajstić information content (AvgIpc) is 4.03. The standard InChI is InChI=1S/C66H61N4O.Pt/c1-43-33-62(67-40-58(43)55-28-16-20-44-19-11-12-25-53(44)55)68-59-29-14-13-26-56(59)57-32-31-52(39-60(57)68)71-51-24-17-23-49(38-51)69-41-70(42-69,50-36-47(65(5,6)7)35-48(37-50)66(8,9)10)63-54(27-18-30-61(63)69)45-21-15-22-46(34-45)64(2,3)4;/h11-37,40-41H,42H2,1-10H3;/q-1;/t69-,70+;/m1./s1/i1D3;. The zero-order valence-electron chi connectivity index (χ0n) is 45.5. The van der Waals surface area contributed by atoms with E-state index in [0.717, 1.165) is 50.5 Å². The van der Waals surface area contributed by atoms with E-state index in [1.807, 2.05) is 77.4 Å². The van der Waals surface area contributed by atoms with Gasteiger partial charge in [-0.1, -0.05) is 171 Å². The predicted molar refractivity (Wildman–Crippen MR) is 297 cm³/mol. The Morgan fingerprint density at radius 2 is 1.24 bits per heavy atom. The molecule has 1 fully saturated rings. The zero-order chi connectivity index (χ0) is 51.7. The molecule has 0 radical (unpaired) electrons. The second-order valence-electron chi connectivity index (χ2n) is 22.8. The van der Waals surface area contributed by atoms with Crippen LogP contribution in [0.25, 0.3) is 60.6 Å². The van der Waals surface area contributed by atoms with Gasteiger partial charge >= 0.3 is 0 Å². The Balaban J connectivity index is 0.00000602. The number of hydrogen-bond donors (Lipinski definition) is 0. The molecular formula is C66H61N4OPt-. The van der Waals surface area contributed by atoms with Gasteiger partial charge in [-0.3, -0.25) is 4.48 Å². The fourth-order valence-electron chi connectivity index (χ4n) is 11.1. The first kappa shape index (κ1) is 44.1. The minimum absolute atomic E-state index is 0. The van der Waals surface area contributed by atoms with E-state index >= 15 is 0 Å². The summed E-state index contributed by atoms with van der Waals surface area (Å²) < 4.78 is 36.2. The molecule has 3 aliphatic rings. The summed E-state index contributed by atoms with van der Waals surface area (Å²) in [6.45, 7) is 21.6. The normalized spacial score (nSPS) is 18.3. The third-order valence-electron chi connectivity index (χ3n) is 15.0. The number of pyridine rings is 1. The van der Waals surface area contributed by atoms with Crippen LogP contribution in [0.2, 0.25) is 0 Å². The quantitative estimate of drug-likeness (QED) is 0.117. The van der Waals surface area contributed by atoms with Gasteiger partial charge in [-0.2, -0.15) is 12.1 Å². The molecule has 5 nitrogen and oxygen atoms in total. The Labute approximate surface area is 444 Å². The number of ether oxygens (including phenoxy) is 1. The average molecular weight is 1120 g/mol. The Kier molecular flexibility index (Phi) is 10.4. The maximum Gasteiger partial charge on any atom is 0.187 e. The molecular weight excluding hydrogens is 1060 g/mol. The van der Waals surface area contributed by atoms with Crippen molar-refractivity contribution < 1.29 is 29.9 Å². The minimum Gasteiger partial charge on any atom is -0.509 e. The summed E-state index contributed by atoms with van der Waals surface area (Å²) in [4.78, 5) is 5.02. The summed E-state index contributed by atoms with van der Waals surface area (Å²) in [7, 11) is 0. The van der Waals surface area contributed by atoms with E-state index in [0.29, 0.717) is 31.8 Å². The molecule has 72 heavy (non-hydrogen) atoms. The van der Waals surface area contributed by atoms with Crippen LogP contribution >= 0.6 is 0 Å². The van der Waals surface area contributed by atoms with Gasteiger partial charge in [0.2, 0.25) is 0 Å². The molecule has 362 valence electrons. The number of hydrogen-bond acceptors (Lipinski definition) is 2. The topological polar surface area (TPSA) is 27.1 Å². The molecule has 2 aromatic heterocycles. The number of aryl methyl sites for hydroxylation is 1. The third-order valence-corrected chi connectivity index (χ3v) is 15.0. The Morgan fingerprint density at radius 1 is 0.583 bits per heavy atom. The van der Waals surface area contributed by atoms with Crippen molar-refractivity contribution in [1.82, 2.24) is 18.5 Å². The molecule has 2 bridgehead atoms. The van der Waals surface area contributed by atoms with Crippen molar-refractivity contribution in [2.75, 3.05) is 6.67 Å². The molecule has 0 saturated carbocycles. The minimum atomic E-state index is -2.42. The Morgan fingerprint density at radius 3 is 1.99 bits per heavy atom. The van der Waals surface area contributed by atoms with Crippen molar-refractivity contribution in [3.05, 3.63) is 211 Å². The molecule has 8 aromatic carbocycles. The molecule has 0 spiro atoms. The summed E-state index contributed by atoms with van der Waals surface area (Å²) in [5.74, 6) is 1.56. The first-order valence-electron chi connectivity index (χ1n) is 26.3. The van der Waals surface area contributed by atoms with Gasteiger partial charge in [0.15, 0.2) is 18.0 Å². The molecule has 3 aliphatic heterocycles. The fraction of sp³-hybridized carbons (Fsp3) is 0.212. The van der Waals surface area contributed by atoms with E-state index in [1.54, 1.807) is 12.3 Å². The van der Waals surface area contributed by atoms with Crippen molar-refractivity contribution in [2.24, 2.45) is 0 Å². The largest absolute Gasteiger partial charge is 0.509 e. The van der Waals surface area contributed by atoms with Crippen LogP contribution in [0.1, 0.15) is 88.7 Å². The first-order valence-corrected chi connectivity index (χ1v) is 24.8. The van der Waals surface area contributed by atoms with Crippen LogP contribution in [0.3, 0.4) is 0 Å². The maximum absolute atomic E-state index is 8.77. The summed E-state index contributed by atoms with van der Waals surface area (Å²) in [5.41, 5.74) is 14.3. The Hall–Kier alpha value is -6.62. The summed E-state index contributed by atoms with van der Waals surface area (Å²) >= 11 is 0. The van der Waals surface area contributed by atoms with E-state index in [4.69, 9.17) is 13.8 Å². The van der Waals surface area contributed by atoms with Crippen molar-refractivity contribution in [1.29, 1.82) is 0 Å². The van der Waals surface area contributed by atoms with Gasteiger partial charge < -0.3 is 13.8 Å². The van der Waals surface area contributed by atoms with Gasteiger partial charge in [0.05, 0.1) is 6.67 Å². The predicted octanol–water partition coefficient (Wildman–Crippen LogP) is 17.6. The van der Waals surface area contributed by atoms with Gasteiger partial charge in [0.25, 0.3) is 0 Å². The second-order valence-corrected chi connectivity index (χ2v) is 22.8. The number of aromatic nitrogens is 2. The number of para-hydroxylation sites is 2. The van der Waals surface area contributed by atoms with E-state index in [2.05, 4.69) is 166 Å². The Bertz CT molecular complexity index is 3860. The molecule has 13 rings (SSSR count). The van der Waals surface area contributed by atoms with Crippen LogP contribution in [0, 0.1) is 25.7 Å². The molecule has 0 amide bonds. The van der Waals surface area contributed by atoms with Crippen LogP contribution in [0.5, 0.6) is 11.5 Å². The van der Waals surface area contributed by atoms with Gasteiger partial charge in [-0.15, -0.1) is 29.7 Å². The molecule has 2 atom stereocenters. The molecule has 5 heterocycles. The monoisotopic (exact) mass is 1120 g/mol. The number of quaternary nitrogens is 2. The molecule has 0 N–H and O–H groups in total. The smallest absolute Gasteiger partial charge is 0.187 e. The first-order chi connectivity index (χ1) is 35.1. The van der Waals surface area contributed by atoms with Crippen LogP contribution < -0.4 is 13.7 Å². The van der Waals surface area contributed by atoms with Crippen LogP contribution in [0.4, 0.5) is 22.7 Å². The molecule has 0 unspecified atom stereocenters. The summed E-state index contributed by atoms with van der Waals surface area (Å²) in [5, 5.41) is 3.96. The van der Waals surface area contributed by atoms with Crippen LogP contribution in [-0.2, 0) is 37.3 Å². The molecule has 1 saturated heterocycles. The molecule has 10 aromatic rings. The number of fused-ring (bicyclic) bond motifs is 4. The van der Waals surface area contributed by atoms with Crippen LogP contribution in [-0.4, -0.2) is 16.2 Å². The third kappa shape index (κ3) is 7.66. The summed E-state index contributed by atoms with van der Waals surface area (Å²) in [6, 6.07) is 64.7.